The van der Waals surface area contributed by atoms with Crippen LogP contribution in [-0.4, -0.2) is 18.3 Å². The van der Waals surface area contributed by atoms with Crippen molar-refractivity contribution in [3.05, 3.63) is 23.8 Å². The monoisotopic (exact) mass is 221 g/mol. The fourth-order valence-electron chi connectivity index (χ4n) is 1.31. The van der Waals surface area contributed by atoms with Crippen molar-refractivity contribution >= 4 is 0 Å². The molecule has 0 aromatic heterocycles. The Morgan fingerprint density at radius 2 is 1.88 bits per heavy atom. The molecule has 0 saturated heterocycles. The number of rotatable bonds is 5. The molecular weight excluding hydrogens is 206 g/mol. The molecule has 0 heterocycles. The zero-order valence-corrected chi connectivity index (χ0v) is 9.43. The molecule has 0 amide bonds. The Kier molecular flexibility index (Phi) is 4.62. The Balaban J connectivity index is 3.02. The van der Waals surface area contributed by atoms with Gasteiger partial charge >= 0.3 is 0 Å². The summed E-state index contributed by atoms with van der Waals surface area (Å²) in [5.74, 6) is 1.18. The van der Waals surface area contributed by atoms with Crippen molar-refractivity contribution in [1.82, 2.24) is 0 Å². The van der Waals surface area contributed by atoms with Gasteiger partial charge in [-0.25, -0.2) is 0 Å². The molecular formula is C12H15NO3. The molecule has 4 heteroatoms. The van der Waals surface area contributed by atoms with Gasteiger partial charge in [0.1, 0.15) is 0 Å². The third-order valence-corrected chi connectivity index (χ3v) is 2.01. The number of hydrogen-bond donors (Lipinski definition) is 1. The highest BCUT2D eigenvalue weighted by Crippen LogP contribution is 2.30. The Bertz CT molecular complexity index is 384. The molecule has 1 N–H and O–H groups in total. The zero-order valence-electron chi connectivity index (χ0n) is 9.43. The molecule has 0 aliphatic heterocycles. The van der Waals surface area contributed by atoms with Crippen molar-refractivity contribution in [3.8, 4) is 17.6 Å². The van der Waals surface area contributed by atoms with Crippen LogP contribution in [0, 0.1) is 11.3 Å². The zero-order chi connectivity index (χ0) is 12.0. The molecule has 0 spiro atoms. The van der Waals surface area contributed by atoms with Gasteiger partial charge in [-0.3, -0.25) is 0 Å². The van der Waals surface area contributed by atoms with Gasteiger partial charge in [-0.2, -0.15) is 5.26 Å². The van der Waals surface area contributed by atoms with Crippen LogP contribution in [-0.2, 0) is 0 Å². The summed E-state index contributed by atoms with van der Waals surface area (Å²) >= 11 is 0. The second-order valence-corrected chi connectivity index (χ2v) is 3.10. The summed E-state index contributed by atoms with van der Waals surface area (Å²) in [5, 5.41) is 18.0. The standard InChI is InChI=1S/C12H15NO3/c1-3-15-11-6-5-9(10(14)8-13)7-12(11)16-4-2/h5-7,10,14H,3-4H2,1-2H3. The lowest BCUT2D eigenvalue weighted by Gasteiger charge is -2.12. The number of nitriles is 1. The van der Waals surface area contributed by atoms with Gasteiger partial charge in [0.2, 0.25) is 0 Å². The van der Waals surface area contributed by atoms with E-state index in [1.54, 1.807) is 24.3 Å². The number of ether oxygens (including phenoxy) is 2. The lowest BCUT2D eigenvalue weighted by atomic mass is 10.1. The summed E-state index contributed by atoms with van der Waals surface area (Å²) in [5.41, 5.74) is 0.509. The van der Waals surface area contributed by atoms with Crippen LogP contribution >= 0.6 is 0 Å². The minimum absolute atomic E-state index is 0.506. The van der Waals surface area contributed by atoms with Gasteiger partial charge in [0, 0.05) is 0 Å². The van der Waals surface area contributed by atoms with E-state index < -0.39 is 6.10 Å². The molecule has 16 heavy (non-hydrogen) atoms. The van der Waals surface area contributed by atoms with Crippen LogP contribution in [0.15, 0.2) is 18.2 Å². The molecule has 1 aromatic carbocycles. The van der Waals surface area contributed by atoms with E-state index in [2.05, 4.69) is 0 Å². The minimum Gasteiger partial charge on any atom is -0.490 e. The van der Waals surface area contributed by atoms with Crippen LogP contribution in [0.25, 0.3) is 0 Å². The molecule has 1 atom stereocenters. The predicted octanol–water partition coefficient (Wildman–Crippen LogP) is 2.04. The first-order chi connectivity index (χ1) is 7.72. The largest absolute Gasteiger partial charge is 0.490 e. The molecule has 1 aromatic rings. The van der Waals surface area contributed by atoms with Crippen molar-refractivity contribution in [1.29, 1.82) is 5.26 Å². The fourth-order valence-corrected chi connectivity index (χ4v) is 1.31. The van der Waals surface area contributed by atoms with E-state index in [0.29, 0.717) is 30.3 Å². The number of hydrogen-bond acceptors (Lipinski definition) is 4. The van der Waals surface area contributed by atoms with Gasteiger partial charge in [-0.15, -0.1) is 0 Å². The van der Waals surface area contributed by atoms with Gasteiger partial charge in [0.05, 0.1) is 19.3 Å². The van der Waals surface area contributed by atoms with E-state index in [1.165, 1.54) is 0 Å². The number of aliphatic hydroxyl groups excluding tert-OH is 1. The molecule has 0 aliphatic rings. The highest BCUT2D eigenvalue weighted by atomic mass is 16.5. The van der Waals surface area contributed by atoms with E-state index in [-0.39, 0.29) is 0 Å². The first-order valence-electron chi connectivity index (χ1n) is 5.20. The average Bonchev–Trinajstić information content (AvgIpc) is 2.31. The second-order valence-electron chi connectivity index (χ2n) is 3.10. The molecule has 0 saturated carbocycles. The van der Waals surface area contributed by atoms with Crippen LogP contribution < -0.4 is 9.47 Å². The molecule has 0 aliphatic carbocycles. The van der Waals surface area contributed by atoms with Crippen molar-refractivity contribution in [2.75, 3.05) is 13.2 Å². The fraction of sp³-hybridized carbons (Fsp3) is 0.417. The highest BCUT2D eigenvalue weighted by Gasteiger charge is 2.11. The summed E-state index contributed by atoms with van der Waals surface area (Å²) in [6.45, 7) is 4.79. The molecule has 1 unspecified atom stereocenters. The first kappa shape index (κ1) is 12.3. The van der Waals surface area contributed by atoms with Crippen LogP contribution in [0.5, 0.6) is 11.5 Å². The Morgan fingerprint density at radius 1 is 1.25 bits per heavy atom. The Morgan fingerprint density at radius 3 is 2.44 bits per heavy atom. The maximum absolute atomic E-state index is 9.39. The van der Waals surface area contributed by atoms with Crippen LogP contribution in [0.4, 0.5) is 0 Å². The Hall–Kier alpha value is -1.73. The predicted molar refractivity (Wildman–Crippen MR) is 59.4 cm³/mol. The molecule has 1 rings (SSSR count). The number of aliphatic hydroxyl groups is 1. The Labute approximate surface area is 95.0 Å². The van der Waals surface area contributed by atoms with Gasteiger partial charge in [0.25, 0.3) is 0 Å². The smallest absolute Gasteiger partial charge is 0.166 e. The second kappa shape index (κ2) is 5.99. The highest BCUT2D eigenvalue weighted by molar-refractivity contribution is 5.44. The van der Waals surface area contributed by atoms with E-state index in [1.807, 2.05) is 13.8 Å². The number of benzene rings is 1. The summed E-state index contributed by atoms with van der Waals surface area (Å²) in [6.07, 6.45) is -1.13. The van der Waals surface area contributed by atoms with Crippen molar-refractivity contribution in [3.63, 3.8) is 0 Å². The summed E-state index contributed by atoms with van der Waals surface area (Å²) in [7, 11) is 0. The van der Waals surface area contributed by atoms with Gasteiger partial charge in [-0.1, -0.05) is 6.07 Å². The summed E-state index contributed by atoms with van der Waals surface area (Å²) < 4.78 is 10.7. The third kappa shape index (κ3) is 2.88. The summed E-state index contributed by atoms with van der Waals surface area (Å²) in [4.78, 5) is 0. The van der Waals surface area contributed by atoms with Gasteiger partial charge in [0.15, 0.2) is 17.6 Å². The van der Waals surface area contributed by atoms with Crippen LogP contribution in [0.1, 0.15) is 25.5 Å². The van der Waals surface area contributed by atoms with E-state index in [0.717, 1.165) is 0 Å². The lowest BCUT2D eigenvalue weighted by Crippen LogP contribution is -2.01. The molecule has 4 nitrogen and oxygen atoms in total. The molecule has 0 bridgehead atoms. The van der Waals surface area contributed by atoms with Crippen molar-refractivity contribution in [2.24, 2.45) is 0 Å². The SMILES string of the molecule is CCOc1ccc(C(O)C#N)cc1OCC. The van der Waals surface area contributed by atoms with Gasteiger partial charge < -0.3 is 14.6 Å². The topological polar surface area (TPSA) is 62.5 Å². The first-order valence-corrected chi connectivity index (χ1v) is 5.20. The molecule has 0 radical (unpaired) electrons. The lowest BCUT2D eigenvalue weighted by molar-refractivity contribution is 0.234. The van der Waals surface area contributed by atoms with E-state index in [9.17, 15) is 5.11 Å². The maximum atomic E-state index is 9.39. The average molecular weight is 221 g/mol. The molecule has 86 valence electrons. The molecule has 0 fully saturated rings. The van der Waals surface area contributed by atoms with Crippen molar-refractivity contribution in [2.45, 2.75) is 20.0 Å². The number of nitrogens with zero attached hydrogens (tertiary/aromatic N) is 1. The quantitative estimate of drug-likeness (QED) is 0.773. The van der Waals surface area contributed by atoms with E-state index >= 15 is 0 Å². The maximum Gasteiger partial charge on any atom is 0.166 e. The van der Waals surface area contributed by atoms with Crippen molar-refractivity contribution < 1.29 is 14.6 Å². The minimum atomic E-state index is -1.13. The van der Waals surface area contributed by atoms with Crippen LogP contribution in [0.3, 0.4) is 0 Å². The normalized spacial score (nSPS) is 11.6. The summed E-state index contributed by atoms with van der Waals surface area (Å²) in [6, 6.07) is 6.74. The van der Waals surface area contributed by atoms with Gasteiger partial charge in [-0.05, 0) is 31.5 Å². The third-order valence-electron chi connectivity index (χ3n) is 2.01. The van der Waals surface area contributed by atoms with E-state index in [4.69, 9.17) is 14.7 Å². The van der Waals surface area contributed by atoms with Crippen LogP contribution in [0.2, 0.25) is 0 Å².